The number of nitrogens with one attached hydrogen (secondary N) is 1. The van der Waals surface area contributed by atoms with E-state index in [-0.39, 0.29) is 16.8 Å². The highest BCUT2D eigenvalue weighted by atomic mass is 19.4. The van der Waals surface area contributed by atoms with Gasteiger partial charge in [-0.15, -0.1) is 0 Å². The molecule has 1 aromatic carbocycles. The van der Waals surface area contributed by atoms with E-state index in [1.54, 1.807) is 0 Å². The van der Waals surface area contributed by atoms with Crippen LogP contribution in [0.5, 0.6) is 5.75 Å². The van der Waals surface area contributed by atoms with Gasteiger partial charge >= 0.3 is 12.1 Å². The summed E-state index contributed by atoms with van der Waals surface area (Å²) in [6.07, 6.45) is -3.35. The molecule has 0 saturated heterocycles. The molecule has 0 aliphatic heterocycles. The molecule has 0 aliphatic carbocycles. The molecule has 132 valence electrons. The number of esters is 1. The number of hydrogen-bond donors (Lipinski definition) is 2. The Morgan fingerprint density at radius 3 is 2.56 bits per heavy atom. The van der Waals surface area contributed by atoms with E-state index in [0.717, 1.165) is 31.5 Å². The predicted molar refractivity (Wildman–Crippen MR) is 80.7 cm³/mol. The number of halogens is 3. The molecule has 2 rings (SSSR count). The standard InChI is InChI=1S/C16H13F3N2O4/c1-25-13(23)8-21-15(24)14-12(22)6-10(7-20-14)9-3-2-4-11(5-9)16(17,18)19/h2-7,22H,8H2,1H3,(H,21,24). The molecule has 1 heterocycles. The smallest absolute Gasteiger partial charge is 0.416 e. The van der Waals surface area contributed by atoms with Crippen LogP contribution < -0.4 is 5.32 Å². The van der Waals surface area contributed by atoms with Gasteiger partial charge in [0.05, 0.1) is 12.7 Å². The summed E-state index contributed by atoms with van der Waals surface area (Å²) in [7, 11) is 1.15. The Kier molecular flexibility index (Phi) is 5.26. The minimum Gasteiger partial charge on any atom is -0.505 e. The van der Waals surface area contributed by atoms with Crippen molar-refractivity contribution in [2.45, 2.75) is 6.18 Å². The van der Waals surface area contributed by atoms with Crippen molar-refractivity contribution in [3.63, 3.8) is 0 Å². The number of nitrogens with zero attached hydrogens (tertiary/aromatic N) is 1. The second kappa shape index (κ2) is 7.20. The third kappa shape index (κ3) is 4.46. The second-order valence-electron chi connectivity index (χ2n) is 4.93. The summed E-state index contributed by atoms with van der Waals surface area (Å²) in [6.45, 7) is -0.411. The summed E-state index contributed by atoms with van der Waals surface area (Å²) in [5, 5.41) is 12.1. The quantitative estimate of drug-likeness (QED) is 0.823. The second-order valence-corrected chi connectivity index (χ2v) is 4.93. The highest BCUT2D eigenvalue weighted by Gasteiger charge is 2.30. The highest BCUT2D eigenvalue weighted by molar-refractivity contribution is 5.96. The van der Waals surface area contributed by atoms with Crippen LogP contribution in [0.2, 0.25) is 0 Å². The number of ether oxygens (including phenoxy) is 1. The number of pyridine rings is 1. The molecule has 0 unspecified atom stereocenters. The molecule has 0 atom stereocenters. The van der Waals surface area contributed by atoms with Crippen molar-refractivity contribution in [1.29, 1.82) is 0 Å². The summed E-state index contributed by atoms with van der Waals surface area (Å²) in [6, 6.07) is 5.60. The van der Waals surface area contributed by atoms with Crippen LogP contribution in [0.1, 0.15) is 16.1 Å². The first kappa shape index (κ1) is 18.2. The molecule has 6 nitrogen and oxygen atoms in total. The molecular weight excluding hydrogens is 341 g/mol. The first-order chi connectivity index (χ1) is 11.7. The number of benzene rings is 1. The van der Waals surface area contributed by atoms with Gasteiger partial charge in [-0.1, -0.05) is 12.1 Å². The minimum absolute atomic E-state index is 0.180. The van der Waals surface area contributed by atoms with E-state index in [9.17, 15) is 27.9 Å². The van der Waals surface area contributed by atoms with Crippen LogP contribution in [0.25, 0.3) is 11.1 Å². The topological polar surface area (TPSA) is 88.5 Å². The Labute approximate surface area is 140 Å². The molecule has 1 amide bonds. The van der Waals surface area contributed by atoms with Crippen LogP contribution in [0.15, 0.2) is 36.5 Å². The number of rotatable bonds is 4. The van der Waals surface area contributed by atoms with Crippen LogP contribution in [0.3, 0.4) is 0 Å². The van der Waals surface area contributed by atoms with Crippen LogP contribution >= 0.6 is 0 Å². The van der Waals surface area contributed by atoms with Crippen LogP contribution in [0.4, 0.5) is 13.2 Å². The third-order valence-corrected chi connectivity index (χ3v) is 3.23. The van der Waals surface area contributed by atoms with Crippen LogP contribution in [0, 0.1) is 0 Å². The number of amides is 1. The van der Waals surface area contributed by atoms with E-state index in [4.69, 9.17) is 0 Å². The predicted octanol–water partition coefficient (Wildman–Crippen LogP) is 2.38. The molecule has 2 N–H and O–H groups in total. The highest BCUT2D eigenvalue weighted by Crippen LogP contribution is 2.33. The van der Waals surface area contributed by atoms with E-state index in [2.05, 4.69) is 15.0 Å². The Balaban J connectivity index is 2.25. The molecule has 9 heteroatoms. The summed E-state index contributed by atoms with van der Waals surface area (Å²) in [4.78, 5) is 26.6. The zero-order valence-electron chi connectivity index (χ0n) is 12.9. The lowest BCUT2D eigenvalue weighted by Crippen LogP contribution is -2.30. The molecule has 25 heavy (non-hydrogen) atoms. The van der Waals surface area contributed by atoms with Gasteiger partial charge in [-0.25, -0.2) is 4.98 Å². The molecule has 0 spiro atoms. The maximum absolute atomic E-state index is 12.8. The SMILES string of the molecule is COC(=O)CNC(=O)c1ncc(-c2cccc(C(F)(F)F)c2)cc1O. The zero-order valence-corrected chi connectivity index (χ0v) is 12.9. The van der Waals surface area contributed by atoms with Gasteiger partial charge < -0.3 is 15.2 Å². The fourth-order valence-electron chi connectivity index (χ4n) is 1.97. The summed E-state index contributed by atoms with van der Waals surface area (Å²) in [5.41, 5.74) is -0.823. The Morgan fingerprint density at radius 1 is 1.24 bits per heavy atom. The number of aromatic nitrogens is 1. The van der Waals surface area contributed by atoms with Crippen molar-refractivity contribution < 1.29 is 32.6 Å². The van der Waals surface area contributed by atoms with Crippen molar-refractivity contribution in [2.24, 2.45) is 0 Å². The minimum atomic E-state index is -4.50. The summed E-state index contributed by atoms with van der Waals surface area (Å²) >= 11 is 0. The van der Waals surface area contributed by atoms with Gasteiger partial charge in [0, 0.05) is 11.8 Å². The van der Waals surface area contributed by atoms with Gasteiger partial charge in [0.1, 0.15) is 12.3 Å². The Bertz CT molecular complexity index is 806. The fourth-order valence-corrected chi connectivity index (χ4v) is 1.97. The molecule has 0 saturated carbocycles. The Hall–Kier alpha value is -3.10. The van der Waals surface area contributed by atoms with E-state index < -0.39 is 35.9 Å². The number of carbonyl (C=O) groups is 2. The van der Waals surface area contributed by atoms with Crippen molar-refractivity contribution in [1.82, 2.24) is 10.3 Å². The monoisotopic (exact) mass is 354 g/mol. The number of hydrogen-bond acceptors (Lipinski definition) is 5. The van der Waals surface area contributed by atoms with E-state index in [0.29, 0.717) is 0 Å². The maximum atomic E-state index is 12.8. The lowest BCUT2D eigenvalue weighted by molar-refractivity contribution is -0.139. The molecule has 0 aliphatic rings. The number of alkyl halides is 3. The average molecular weight is 354 g/mol. The first-order valence-electron chi connectivity index (χ1n) is 6.94. The number of carbonyl (C=O) groups excluding carboxylic acids is 2. The van der Waals surface area contributed by atoms with Gasteiger partial charge in [-0.3, -0.25) is 9.59 Å². The lowest BCUT2D eigenvalue weighted by Gasteiger charge is -2.10. The fraction of sp³-hybridized carbons (Fsp3) is 0.188. The van der Waals surface area contributed by atoms with Crippen molar-refractivity contribution >= 4 is 11.9 Å². The maximum Gasteiger partial charge on any atom is 0.416 e. The van der Waals surface area contributed by atoms with Gasteiger partial charge in [-0.2, -0.15) is 13.2 Å². The van der Waals surface area contributed by atoms with Gasteiger partial charge in [0.2, 0.25) is 0 Å². The van der Waals surface area contributed by atoms with Crippen molar-refractivity contribution in [2.75, 3.05) is 13.7 Å². The third-order valence-electron chi connectivity index (χ3n) is 3.23. The Morgan fingerprint density at radius 2 is 1.96 bits per heavy atom. The largest absolute Gasteiger partial charge is 0.505 e. The summed E-state index contributed by atoms with van der Waals surface area (Å²) < 4.78 is 42.6. The number of methoxy groups -OCH3 is 1. The van der Waals surface area contributed by atoms with Crippen molar-refractivity contribution in [3.8, 4) is 16.9 Å². The van der Waals surface area contributed by atoms with E-state index in [1.165, 1.54) is 12.1 Å². The molecule has 1 aromatic heterocycles. The number of aromatic hydroxyl groups is 1. The molecule has 0 fully saturated rings. The van der Waals surface area contributed by atoms with E-state index >= 15 is 0 Å². The molecular formula is C16H13F3N2O4. The molecule has 2 aromatic rings. The lowest BCUT2D eigenvalue weighted by atomic mass is 10.0. The molecule has 0 bridgehead atoms. The molecule has 0 radical (unpaired) electrons. The van der Waals surface area contributed by atoms with Gasteiger partial charge in [0.15, 0.2) is 5.69 Å². The van der Waals surface area contributed by atoms with Gasteiger partial charge in [-0.05, 0) is 23.8 Å². The first-order valence-corrected chi connectivity index (χ1v) is 6.94. The van der Waals surface area contributed by atoms with Crippen LogP contribution in [-0.2, 0) is 15.7 Å². The normalized spacial score (nSPS) is 11.0. The van der Waals surface area contributed by atoms with Crippen LogP contribution in [-0.4, -0.2) is 35.6 Å². The summed E-state index contributed by atoms with van der Waals surface area (Å²) in [5.74, 6) is -2.04. The van der Waals surface area contributed by atoms with Gasteiger partial charge in [0.25, 0.3) is 5.91 Å². The zero-order chi connectivity index (χ0) is 18.6. The van der Waals surface area contributed by atoms with Crippen molar-refractivity contribution in [3.05, 3.63) is 47.8 Å². The van der Waals surface area contributed by atoms with E-state index in [1.807, 2.05) is 0 Å². The average Bonchev–Trinajstić information content (AvgIpc) is 2.58.